The molecule has 5 atom stereocenters. The average Bonchev–Trinajstić information content (AvgIpc) is 3.37. The molecule has 7 nitrogen and oxygen atoms in total. The van der Waals surface area contributed by atoms with E-state index in [1.54, 1.807) is 7.11 Å². The van der Waals surface area contributed by atoms with Gasteiger partial charge in [-0.3, -0.25) is 4.79 Å². The fraction of sp³-hybridized carbons (Fsp3) is 0.680. The summed E-state index contributed by atoms with van der Waals surface area (Å²) in [5, 5.41) is 2.57. The molecule has 0 bridgehead atoms. The number of fused-ring (bicyclic) bond motifs is 1. The largest absolute Gasteiger partial charge is 0.416 e. The quantitative estimate of drug-likeness (QED) is 0.519. The molecular formula is C25H31F6N3O4. The maximum atomic E-state index is 13.5. The van der Waals surface area contributed by atoms with Crippen LogP contribution >= 0.6 is 0 Å². The molecule has 38 heavy (non-hydrogen) atoms. The van der Waals surface area contributed by atoms with E-state index < -0.39 is 47.4 Å². The second kappa shape index (κ2) is 10.6. The van der Waals surface area contributed by atoms with E-state index in [1.807, 2.05) is 0 Å². The van der Waals surface area contributed by atoms with Crippen molar-refractivity contribution in [2.24, 2.45) is 28.9 Å². The Morgan fingerprint density at radius 3 is 2.39 bits per heavy atom. The number of nitrogens with zero attached hydrogens (tertiary/aromatic N) is 1. The SMILES string of the molecule is COC1COCCC1C[C@@H]1C[C@H]2CN(C(N)=O)C[C@@]2(C(=O)NCc2cc(C(F)(F)F)cc(C(F)(F)F)c2)C1. The highest BCUT2D eigenvalue weighted by atomic mass is 19.4. The number of halogens is 6. The van der Waals surface area contributed by atoms with Crippen molar-refractivity contribution in [1.82, 2.24) is 10.2 Å². The highest BCUT2D eigenvalue weighted by Gasteiger charge is 2.58. The number of likely N-dealkylation sites (tertiary alicyclic amines) is 1. The number of ether oxygens (including phenoxy) is 2. The Balaban J connectivity index is 1.52. The van der Waals surface area contributed by atoms with Crippen molar-refractivity contribution in [3.63, 3.8) is 0 Å². The number of carbonyl (C=O) groups excluding carboxylic acids is 2. The van der Waals surface area contributed by atoms with Gasteiger partial charge in [0.2, 0.25) is 5.91 Å². The van der Waals surface area contributed by atoms with Gasteiger partial charge in [-0.25, -0.2) is 4.79 Å². The smallest absolute Gasteiger partial charge is 0.379 e. The molecule has 0 spiro atoms. The first-order chi connectivity index (χ1) is 17.7. The second-order valence-electron chi connectivity index (χ2n) is 10.6. The molecule has 2 aliphatic heterocycles. The molecule has 212 valence electrons. The summed E-state index contributed by atoms with van der Waals surface area (Å²) in [6, 6.07) is 0.567. The van der Waals surface area contributed by atoms with Crippen LogP contribution in [0.1, 0.15) is 42.4 Å². The van der Waals surface area contributed by atoms with Gasteiger partial charge < -0.3 is 25.4 Å². The number of methoxy groups -OCH3 is 1. The van der Waals surface area contributed by atoms with Crippen LogP contribution in [0.25, 0.3) is 0 Å². The molecule has 1 aliphatic carbocycles. The minimum Gasteiger partial charge on any atom is -0.379 e. The monoisotopic (exact) mass is 551 g/mol. The number of amides is 3. The van der Waals surface area contributed by atoms with Crippen LogP contribution in [0.4, 0.5) is 31.1 Å². The van der Waals surface area contributed by atoms with E-state index in [0.717, 1.165) is 12.8 Å². The van der Waals surface area contributed by atoms with Crippen molar-refractivity contribution in [2.45, 2.75) is 50.7 Å². The van der Waals surface area contributed by atoms with E-state index in [4.69, 9.17) is 15.2 Å². The first kappa shape index (κ1) is 28.5. The van der Waals surface area contributed by atoms with Gasteiger partial charge in [0.15, 0.2) is 0 Å². The summed E-state index contributed by atoms with van der Waals surface area (Å²) in [6.45, 7) is 0.886. The molecule has 13 heteroatoms. The third-order valence-corrected chi connectivity index (χ3v) is 8.21. The normalized spacial score (nSPS) is 29.8. The predicted octanol–water partition coefficient (Wildman–Crippen LogP) is 4.19. The van der Waals surface area contributed by atoms with Gasteiger partial charge in [-0.15, -0.1) is 0 Å². The summed E-state index contributed by atoms with van der Waals surface area (Å²) in [4.78, 5) is 26.8. The molecule has 0 radical (unpaired) electrons. The topological polar surface area (TPSA) is 93.9 Å². The fourth-order valence-electron chi connectivity index (χ4n) is 6.40. The van der Waals surface area contributed by atoms with Crippen LogP contribution in [-0.4, -0.2) is 56.4 Å². The van der Waals surface area contributed by atoms with Gasteiger partial charge in [-0.05, 0) is 67.2 Å². The first-order valence-corrected chi connectivity index (χ1v) is 12.4. The van der Waals surface area contributed by atoms with Crippen molar-refractivity contribution >= 4 is 11.9 Å². The van der Waals surface area contributed by atoms with Gasteiger partial charge in [0.05, 0.1) is 29.3 Å². The van der Waals surface area contributed by atoms with Crippen molar-refractivity contribution < 1.29 is 45.4 Å². The van der Waals surface area contributed by atoms with Crippen LogP contribution in [0.5, 0.6) is 0 Å². The fourth-order valence-corrected chi connectivity index (χ4v) is 6.40. The summed E-state index contributed by atoms with van der Waals surface area (Å²) in [6.07, 6.45) is -7.37. The highest BCUT2D eigenvalue weighted by Crippen LogP contribution is 2.53. The molecular weight excluding hydrogens is 520 g/mol. The van der Waals surface area contributed by atoms with Crippen molar-refractivity contribution in [2.75, 3.05) is 33.4 Å². The van der Waals surface area contributed by atoms with E-state index in [-0.39, 0.29) is 48.6 Å². The average molecular weight is 552 g/mol. The Morgan fingerprint density at radius 2 is 1.82 bits per heavy atom. The summed E-state index contributed by atoms with van der Waals surface area (Å²) < 4.78 is 90.5. The van der Waals surface area contributed by atoms with Crippen LogP contribution in [-0.2, 0) is 33.2 Å². The maximum absolute atomic E-state index is 13.5. The van der Waals surface area contributed by atoms with Crippen LogP contribution in [0.2, 0.25) is 0 Å². The van der Waals surface area contributed by atoms with Gasteiger partial charge in [0, 0.05) is 33.4 Å². The third kappa shape index (κ3) is 5.88. The zero-order valence-corrected chi connectivity index (χ0v) is 20.8. The Bertz CT molecular complexity index is 1020. The molecule has 1 aromatic carbocycles. The molecule has 3 aliphatic rings. The number of nitrogens with two attached hydrogens (primary N) is 1. The lowest BCUT2D eigenvalue weighted by Crippen LogP contribution is -2.45. The molecule has 1 saturated carbocycles. The van der Waals surface area contributed by atoms with E-state index in [9.17, 15) is 35.9 Å². The summed E-state index contributed by atoms with van der Waals surface area (Å²) in [5.41, 5.74) is 1.23. The second-order valence-corrected chi connectivity index (χ2v) is 10.6. The molecule has 2 saturated heterocycles. The summed E-state index contributed by atoms with van der Waals surface area (Å²) in [5.74, 6) is -0.370. The minimum atomic E-state index is -4.99. The first-order valence-electron chi connectivity index (χ1n) is 12.4. The number of hydrogen-bond donors (Lipinski definition) is 2. The third-order valence-electron chi connectivity index (χ3n) is 8.21. The van der Waals surface area contributed by atoms with Crippen molar-refractivity contribution in [3.05, 3.63) is 34.9 Å². The Kier molecular flexibility index (Phi) is 7.91. The number of primary amides is 1. The molecule has 3 fully saturated rings. The molecule has 2 unspecified atom stereocenters. The summed E-state index contributed by atoms with van der Waals surface area (Å²) >= 11 is 0. The number of carbonyl (C=O) groups is 2. The Hall–Kier alpha value is -2.54. The lowest BCUT2D eigenvalue weighted by molar-refractivity contribution is -0.143. The molecule has 0 aromatic heterocycles. The standard InChI is InChI=1S/C25H31F6N3O4/c1-37-20-12-38-3-2-16(20)4-14-5-19-11-34(22(32)36)13-23(19,9-14)21(35)33-10-15-6-17(24(26,27)28)8-18(7-15)25(29,30)31/h6-8,14,16,19-20H,2-5,9-13H2,1H3,(H2,32,36)(H,33,35)/t14-,16?,19+,20?,23+/m1/s1. The number of hydrogen-bond acceptors (Lipinski definition) is 4. The van der Waals surface area contributed by atoms with Crippen LogP contribution in [0.3, 0.4) is 0 Å². The zero-order chi connectivity index (χ0) is 27.9. The van der Waals surface area contributed by atoms with Gasteiger partial charge in [-0.2, -0.15) is 26.3 Å². The van der Waals surface area contributed by atoms with Gasteiger partial charge >= 0.3 is 18.4 Å². The van der Waals surface area contributed by atoms with Crippen LogP contribution in [0.15, 0.2) is 18.2 Å². The molecule has 1 aromatic rings. The molecule has 3 N–H and O–H groups in total. The van der Waals surface area contributed by atoms with E-state index in [0.29, 0.717) is 38.2 Å². The number of urea groups is 1. The van der Waals surface area contributed by atoms with Crippen molar-refractivity contribution in [1.29, 1.82) is 0 Å². The van der Waals surface area contributed by atoms with Crippen LogP contribution in [0, 0.1) is 23.2 Å². The zero-order valence-electron chi connectivity index (χ0n) is 20.8. The Morgan fingerprint density at radius 1 is 1.16 bits per heavy atom. The lowest BCUT2D eigenvalue weighted by atomic mass is 9.78. The van der Waals surface area contributed by atoms with E-state index in [1.165, 1.54) is 4.90 Å². The number of benzene rings is 1. The maximum Gasteiger partial charge on any atom is 0.416 e. The van der Waals surface area contributed by atoms with E-state index in [2.05, 4.69) is 5.32 Å². The van der Waals surface area contributed by atoms with Gasteiger partial charge in [-0.1, -0.05) is 0 Å². The van der Waals surface area contributed by atoms with Gasteiger partial charge in [0.25, 0.3) is 0 Å². The van der Waals surface area contributed by atoms with E-state index >= 15 is 0 Å². The minimum absolute atomic E-state index is 0.0485. The lowest BCUT2D eigenvalue weighted by Gasteiger charge is -2.33. The number of alkyl halides is 6. The molecule has 3 amide bonds. The predicted molar refractivity (Wildman–Crippen MR) is 122 cm³/mol. The molecule has 2 heterocycles. The number of rotatable bonds is 6. The Labute approximate surface area is 216 Å². The van der Waals surface area contributed by atoms with Crippen molar-refractivity contribution in [3.8, 4) is 0 Å². The summed E-state index contributed by atoms with van der Waals surface area (Å²) in [7, 11) is 1.62. The molecule has 4 rings (SSSR count). The number of nitrogens with one attached hydrogen (secondary N) is 1. The van der Waals surface area contributed by atoms with Gasteiger partial charge in [0.1, 0.15) is 0 Å². The highest BCUT2D eigenvalue weighted by molar-refractivity contribution is 5.85. The van der Waals surface area contributed by atoms with Crippen LogP contribution < -0.4 is 11.1 Å².